The van der Waals surface area contributed by atoms with Crippen LogP contribution in [0, 0.1) is 11.8 Å². The van der Waals surface area contributed by atoms with Gasteiger partial charge in [0.2, 0.25) is 0 Å². The summed E-state index contributed by atoms with van der Waals surface area (Å²) in [7, 11) is 0. The molecule has 0 saturated heterocycles. The topological polar surface area (TPSA) is 55.7 Å². The molecule has 0 spiro atoms. The molecule has 1 atom stereocenters. The fourth-order valence-electron chi connectivity index (χ4n) is 3.70. The fraction of sp³-hybridized carbons (Fsp3) is 0.833. The number of aliphatic imine (C=N–C) groups is 1. The third-order valence-corrected chi connectivity index (χ3v) is 5.30. The Morgan fingerprint density at radius 3 is 2.27 bits per heavy atom. The molecule has 0 aromatic heterocycles. The van der Waals surface area contributed by atoms with E-state index in [4.69, 9.17) is 4.74 Å². The zero-order valence-electron chi connectivity index (χ0n) is 13.8. The smallest absolute Gasteiger partial charge is 0.348 e. The Morgan fingerprint density at radius 2 is 1.68 bits per heavy atom. The van der Waals surface area contributed by atoms with Crippen molar-refractivity contribution in [2.45, 2.75) is 76.7 Å². The Hall–Kier alpha value is -1.19. The van der Waals surface area contributed by atoms with Crippen molar-refractivity contribution in [2.75, 3.05) is 6.61 Å². The van der Waals surface area contributed by atoms with Crippen molar-refractivity contribution in [1.82, 2.24) is 0 Å². The third kappa shape index (κ3) is 4.92. The largest absolute Gasteiger partial charge is 0.461 e. The summed E-state index contributed by atoms with van der Waals surface area (Å²) in [6, 6.07) is 0. The van der Waals surface area contributed by atoms with E-state index >= 15 is 0 Å². The second-order valence-electron chi connectivity index (χ2n) is 7.07. The van der Waals surface area contributed by atoms with Crippen LogP contribution in [0.2, 0.25) is 0 Å². The molecule has 4 heteroatoms. The molecule has 2 saturated carbocycles. The molecule has 0 aliphatic heterocycles. The maximum atomic E-state index is 11.8. The van der Waals surface area contributed by atoms with Crippen molar-refractivity contribution in [3.05, 3.63) is 0 Å². The first-order chi connectivity index (χ1) is 10.6. The molecule has 0 heterocycles. The highest BCUT2D eigenvalue weighted by atomic mass is 16.5. The number of aldehydes is 1. The van der Waals surface area contributed by atoms with Crippen molar-refractivity contribution in [3.63, 3.8) is 0 Å². The molecule has 0 aromatic carbocycles. The number of nitrogens with zero attached hydrogens (tertiary/aromatic N) is 1. The van der Waals surface area contributed by atoms with E-state index in [0.717, 1.165) is 44.8 Å². The first-order valence-electron chi connectivity index (χ1n) is 8.82. The number of hydrogen-bond donors (Lipinski definition) is 0. The summed E-state index contributed by atoms with van der Waals surface area (Å²) in [4.78, 5) is 27.6. The van der Waals surface area contributed by atoms with Crippen LogP contribution in [-0.4, -0.2) is 30.6 Å². The molecule has 2 rings (SSSR count). The summed E-state index contributed by atoms with van der Waals surface area (Å²) in [6.45, 7) is 2.33. The molecule has 22 heavy (non-hydrogen) atoms. The van der Waals surface area contributed by atoms with Gasteiger partial charge in [0.25, 0.3) is 0 Å². The summed E-state index contributed by atoms with van der Waals surface area (Å²) >= 11 is 0. The Labute approximate surface area is 133 Å². The minimum absolute atomic E-state index is 0.251. The summed E-state index contributed by atoms with van der Waals surface area (Å²) in [6.07, 6.45) is 13.8. The van der Waals surface area contributed by atoms with Crippen LogP contribution in [0.15, 0.2) is 4.99 Å². The molecule has 0 bridgehead atoms. The normalized spacial score (nSPS) is 24.0. The van der Waals surface area contributed by atoms with Crippen LogP contribution in [0.1, 0.15) is 71.1 Å². The molecule has 124 valence electrons. The average molecular weight is 307 g/mol. The fourth-order valence-corrected chi connectivity index (χ4v) is 3.70. The molecule has 0 N–H and O–H groups in total. The lowest BCUT2D eigenvalue weighted by Crippen LogP contribution is -2.36. The van der Waals surface area contributed by atoms with Gasteiger partial charge in [-0.2, -0.15) is 0 Å². The zero-order chi connectivity index (χ0) is 15.8. The molecule has 0 aromatic rings. The Bertz CT molecular complexity index is 395. The summed E-state index contributed by atoms with van der Waals surface area (Å²) in [5.74, 6) is 0.345. The zero-order valence-corrected chi connectivity index (χ0v) is 13.8. The molecular weight excluding hydrogens is 278 g/mol. The lowest BCUT2D eigenvalue weighted by molar-refractivity contribution is -0.136. The average Bonchev–Trinajstić information content (AvgIpc) is 2.59. The van der Waals surface area contributed by atoms with E-state index in [0.29, 0.717) is 12.5 Å². The molecule has 2 aliphatic carbocycles. The van der Waals surface area contributed by atoms with Crippen LogP contribution in [0.3, 0.4) is 0 Å². The van der Waals surface area contributed by atoms with Gasteiger partial charge in [-0.15, -0.1) is 0 Å². The number of carbonyl (C=O) groups is 2. The minimum Gasteiger partial charge on any atom is -0.461 e. The predicted octanol–water partition coefficient (Wildman–Crippen LogP) is 3.72. The van der Waals surface area contributed by atoms with E-state index in [2.05, 4.69) is 4.99 Å². The van der Waals surface area contributed by atoms with Gasteiger partial charge in [-0.25, -0.2) is 4.79 Å². The SMILES string of the molecule is C[C@@](C=O)(N=CC(=O)OCC1CCCCC1)C1CCCCC1. The van der Waals surface area contributed by atoms with Gasteiger partial charge in [-0.05, 0) is 44.4 Å². The van der Waals surface area contributed by atoms with Crippen molar-refractivity contribution < 1.29 is 14.3 Å². The lowest BCUT2D eigenvalue weighted by Gasteiger charge is -2.32. The van der Waals surface area contributed by atoms with Gasteiger partial charge in [0.1, 0.15) is 18.0 Å². The second kappa shape index (κ2) is 8.44. The number of esters is 1. The molecule has 2 aliphatic rings. The van der Waals surface area contributed by atoms with Crippen molar-refractivity contribution in [1.29, 1.82) is 0 Å². The molecular formula is C18H29NO3. The molecule has 0 radical (unpaired) electrons. The van der Waals surface area contributed by atoms with Gasteiger partial charge in [0.15, 0.2) is 0 Å². The Balaban J connectivity index is 1.81. The van der Waals surface area contributed by atoms with Gasteiger partial charge >= 0.3 is 5.97 Å². The maximum absolute atomic E-state index is 11.8. The molecule has 0 unspecified atom stereocenters. The monoisotopic (exact) mass is 307 g/mol. The molecule has 2 fully saturated rings. The van der Waals surface area contributed by atoms with Gasteiger partial charge in [0.05, 0.1) is 6.61 Å². The van der Waals surface area contributed by atoms with Crippen molar-refractivity contribution >= 4 is 18.5 Å². The van der Waals surface area contributed by atoms with Crippen molar-refractivity contribution in [3.8, 4) is 0 Å². The molecule has 0 amide bonds. The Kier molecular flexibility index (Phi) is 6.59. The Morgan fingerprint density at radius 1 is 1.09 bits per heavy atom. The van der Waals surface area contributed by atoms with E-state index in [9.17, 15) is 9.59 Å². The van der Waals surface area contributed by atoms with Gasteiger partial charge in [0, 0.05) is 0 Å². The summed E-state index contributed by atoms with van der Waals surface area (Å²) in [5.41, 5.74) is -0.774. The van der Waals surface area contributed by atoms with E-state index in [1.807, 2.05) is 6.92 Å². The van der Waals surface area contributed by atoms with E-state index in [1.54, 1.807) is 0 Å². The minimum atomic E-state index is -0.774. The van der Waals surface area contributed by atoms with Crippen LogP contribution in [0.4, 0.5) is 0 Å². The quantitative estimate of drug-likeness (QED) is 0.427. The highest BCUT2D eigenvalue weighted by molar-refractivity contribution is 6.23. The second-order valence-corrected chi connectivity index (χ2v) is 7.07. The van der Waals surface area contributed by atoms with Crippen molar-refractivity contribution in [2.24, 2.45) is 16.8 Å². The van der Waals surface area contributed by atoms with E-state index in [1.165, 1.54) is 31.9 Å². The predicted molar refractivity (Wildman–Crippen MR) is 87.1 cm³/mol. The summed E-state index contributed by atoms with van der Waals surface area (Å²) < 4.78 is 5.30. The first kappa shape index (κ1) is 17.2. The number of carbonyl (C=O) groups excluding carboxylic acids is 2. The van der Waals surface area contributed by atoms with E-state index in [-0.39, 0.29) is 5.92 Å². The van der Waals surface area contributed by atoms with E-state index < -0.39 is 11.5 Å². The number of rotatable bonds is 6. The van der Waals surface area contributed by atoms with Crippen LogP contribution < -0.4 is 0 Å². The highest BCUT2D eigenvalue weighted by Crippen LogP contribution is 2.33. The van der Waals surface area contributed by atoms with Crippen LogP contribution in [0.25, 0.3) is 0 Å². The summed E-state index contributed by atoms with van der Waals surface area (Å²) in [5, 5.41) is 0. The molecule has 4 nitrogen and oxygen atoms in total. The van der Waals surface area contributed by atoms with Gasteiger partial charge in [-0.1, -0.05) is 38.5 Å². The standard InChI is InChI=1S/C18H29NO3/c1-18(14-20,16-10-6-3-7-11-16)19-12-17(21)22-13-15-8-4-2-5-9-15/h12,14-16H,2-11,13H2,1H3/t18-/m0/s1. The maximum Gasteiger partial charge on any atom is 0.348 e. The van der Waals surface area contributed by atoms with Crippen LogP contribution in [0.5, 0.6) is 0 Å². The lowest BCUT2D eigenvalue weighted by atomic mass is 9.77. The number of hydrogen-bond acceptors (Lipinski definition) is 4. The highest BCUT2D eigenvalue weighted by Gasteiger charge is 2.34. The van der Waals surface area contributed by atoms with Crippen LogP contribution >= 0.6 is 0 Å². The first-order valence-corrected chi connectivity index (χ1v) is 8.82. The van der Waals surface area contributed by atoms with Gasteiger partial charge < -0.3 is 9.53 Å². The van der Waals surface area contributed by atoms with Gasteiger partial charge in [-0.3, -0.25) is 4.99 Å². The van der Waals surface area contributed by atoms with Crippen LogP contribution in [-0.2, 0) is 14.3 Å². The third-order valence-electron chi connectivity index (χ3n) is 5.30. The number of ether oxygens (including phenoxy) is 1.